The lowest BCUT2D eigenvalue weighted by molar-refractivity contribution is -0.123. The molecule has 2 aromatic carbocycles. The van der Waals surface area contributed by atoms with Gasteiger partial charge in [0.1, 0.15) is 5.75 Å². The highest BCUT2D eigenvalue weighted by atomic mass is 16.5. The Balaban J connectivity index is 1.38. The molecule has 0 aliphatic carbocycles. The molecule has 2 aromatic rings. The minimum atomic E-state index is -0.384. The highest BCUT2D eigenvalue weighted by Crippen LogP contribution is 2.21. The Labute approximate surface area is 147 Å². The van der Waals surface area contributed by atoms with Gasteiger partial charge < -0.3 is 19.9 Å². The normalized spacial score (nSPS) is 16.5. The second-order valence-corrected chi connectivity index (χ2v) is 6.45. The summed E-state index contributed by atoms with van der Waals surface area (Å²) in [6, 6.07) is 13.8. The first-order valence-electron chi connectivity index (χ1n) is 8.86. The van der Waals surface area contributed by atoms with Crippen LogP contribution in [0.5, 0.6) is 5.75 Å². The fourth-order valence-corrected chi connectivity index (χ4v) is 3.15. The molecule has 1 heterocycles. The summed E-state index contributed by atoms with van der Waals surface area (Å²) in [6.07, 6.45) is 1.96. The lowest BCUT2D eigenvalue weighted by Gasteiger charge is -2.26. The summed E-state index contributed by atoms with van der Waals surface area (Å²) in [5.41, 5.74) is 0. The molecule has 25 heavy (non-hydrogen) atoms. The maximum absolute atomic E-state index is 11.9. The first-order valence-corrected chi connectivity index (χ1v) is 8.86. The summed E-state index contributed by atoms with van der Waals surface area (Å²) >= 11 is 0. The first kappa shape index (κ1) is 17.7. The van der Waals surface area contributed by atoms with E-state index in [1.54, 1.807) is 0 Å². The minimum Gasteiger partial charge on any atom is -0.484 e. The molecule has 5 nitrogen and oxygen atoms in total. The third-order valence-electron chi connectivity index (χ3n) is 4.66. The molecular formula is C20H25NO4. The Hall–Kier alpha value is -2.11. The third-order valence-corrected chi connectivity index (χ3v) is 4.66. The summed E-state index contributed by atoms with van der Waals surface area (Å²) in [5.74, 6) is 0.780. The Bertz CT molecular complexity index is 697. The van der Waals surface area contributed by atoms with Crippen LogP contribution in [0.15, 0.2) is 42.5 Å². The zero-order chi connectivity index (χ0) is 17.5. The van der Waals surface area contributed by atoms with Crippen molar-refractivity contribution in [2.75, 3.05) is 26.4 Å². The molecular weight excluding hydrogens is 318 g/mol. The van der Waals surface area contributed by atoms with Gasteiger partial charge in [0.05, 0.1) is 6.10 Å². The van der Waals surface area contributed by atoms with Crippen molar-refractivity contribution in [2.45, 2.75) is 25.4 Å². The fraction of sp³-hybridized carbons (Fsp3) is 0.450. The number of benzene rings is 2. The van der Waals surface area contributed by atoms with Crippen molar-refractivity contribution < 1.29 is 19.4 Å². The molecule has 0 aromatic heterocycles. The minimum absolute atomic E-state index is 0.0221. The smallest absolute Gasteiger partial charge is 0.257 e. The summed E-state index contributed by atoms with van der Waals surface area (Å²) in [5, 5.41) is 15.2. The topological polar surface area (TPSA) is 67.8 Å². The van der Waals surface area contributed by atoms with Crippen LogP contribution < -0.4 is 10.1 Å². The average Bonchev–Trinajstić information content (AvgIpc) is 2.67. The molecule has 3 rings (SSSR count). The maximum Gasteiger partial charge on any atom is 0.257 e. The SMILES string of the molecule is O=C(COc1ccc2ccccc2c1)NCC[C@H](O)C1CCOCC1. The highest BCUT2D eigenvalue weighted by Gasteiger charge is 2.21. The third kappa shape index (κ3) is 5.18. The number of aliphatic hydroxyl groups is 1. The molecule has 1 atom stereocenters. The molecule has 2 N–H and O–H groups in total. The number of carbonyl (C=O) groups excluding carboxylic acids is 1. The highest BCUT2D eigenvalue weighted by molar-refractivity contribution is 5.84. The van der Waals surface area contributed by atoms with Gasteiger partial charge in [-0.1, -0.05) is 30.3 Å². The second kappa shape index (κ2) is 8.83. The molecule has 1 saturated heterocycles. The molecule has 1 fully saturated rings. The van der Waals surface area contributed by atoms with Crippen molar-refractivity contribution in [3.8, 4) is 5.75 Å². The van der Waals surface area contributed by atoms with Crippen molar-refractivity contribution in [2.24, 2.45) is 5.92 Å². The van der Waals surface area contributed by atoms with Crippen LogP contribution in [0.1, 0.15) is 19.3 Å². The van der Waals surface area contributed by atoms with Crippen LogP contribution in [-0.4, -0.2) is 43.5 Å². The molecule has 0 unspecified atom stereocenters. The lowest BCUT2D eigenvalue weighted by atomic mass is 9.92. The van der Waals surface area contributed by atoms with E-state index in [4.69, 9.17) is 9.47 Å². The molecule has 0 spiro atoms. The largest absolute Gasteiger partial charge is 0.484 e. The molecule has 0 radical (unpaired) electrons. The number of nitrogens with one attached hydrogen (secondary N) is 1. The van der Waals surface area contributed by atoms with E-state index in [0.717, 1.165) is 23.6 Å². The van der Waals surface area contributed by atoms with E-state index in [-0.39, 0.29) is 24.5 Å². The van der Waals surface area contributed by atoms with Gasteiger partial charge in [0.15, 0.2) is 6.61 Å². The van der Waals surface area contributed by atoms with Crippen molar-refractivity contribution in [1.29, 1.82) is 0 Å². The second-order valence-electron chi connectivity index (χ2n) is 6.45. The van der Waals surface area contributed by atoms with Gasteiger partial charge in [0.25, 0.3) is 5.91 Å². The summed E-state index contributed by atoms with van der Waals surface area (Å²) in [7, 11) is 0. The van der Waals surface area contributed by atoms with Gasteiger partial charge in [-0.2, -0.15) is 0 Å². The van der Waals surface area contributed by atoms with E-state index in [1.165, 1.54) is 0 Å². The fourth-order valence-electron chi connectivity index (χ4n) is 3.15. The number of ether oxygens (including phenoxy) is 2. The van der Waals surface area contributed by atoms with Crippen LogP contribution in [0.3, 0.4) is 0 Å². The van der Waals surface area contributed by atoms with E-state index in [1.807, 2.05) is 42.5 Å². The predicted molar refractivity (Wildman–Crippen MR) is 96.6 cm³/mol. The summed E-state index contributed by atoms with van der Waals surface area (Å²) in [6.45, 7) is 1.87. The molecule has 1 aliphatic rings. The van der Waals surface area contributed by atoms with Gasteiger partial charge in [-0.15, -0.1) is 0 Å². The molecule has 0 saturated carbocycles. The number of fused-ring (bicyclic) bond motifs is 1. The van der Waals surface area contributed by atoms with Crippen molar-refractivity contribution in [3.63, 3.8) is 0 Å². The lowest BCUT2D eigenvalue weighted by Crippen LogP contribution is -2.34. The van der Waals surface area contributed by atoms with Crippen LogP contribution in [0, 0.1) is 5.92 Å². The first-order chi connectivity index (χ1) is 12.2. The van der Waals surface area contributed by atoms with Crippen LogP contribution in [0.4, 0.5) is 0 Å². The molecule has 1 amide bonds. The number of aliphatic hydroxyl groups excluding tert-OH is 1. The van der Waals surface area contributed by atoms with Gasteiger partial charge in [0.2, 0.25) is 0 Å². The molecule has 5 heteroatoms. The number of carbonyl (C=O) groups is 1. The van der Waals surface area contributed by atoms with Crippen LogP contribution >= 0.6 is 0 Å². The van der Waals surface area contributed by atoms with E-state index >= 15 is 0 Å². The van der Waals surface area contributed by atoms with Gasteiger partial charge in [-0.05, 0) is 48.1 Å². The number of amides is 1. The average molecular weight is 343 g/mol. The van der Waals surface area contributed by atoms with Gasteiger partial charge in [-0.25, -0.2) is 0 Å². The van der Waals surface area contributed by atoms with Crippen LogP contribution in [-0.2, 0) is 9.53 Å². The Kier molecular flexibility index (Phi) is 6.25. The van der Waals surface area contributed by atoms with Crippen molar-refractivity contribution in [3.05, 3.63) is 42.5 Å². The van der Waals surface area contributed by atoms with Gasteiger partial charge in [0, 0.05) is 19.8 Å². The van der Waals surface area contributed by atoms with Crippen molar-refractivity contribution in [1.82, 2.24) is 5.32 Å². The van der Waals surface area contributed by atoms with Gasteiger partial charge in [-0.3, -0.25) is 4.79 Å². The van der Waals surface area contributed by atoms with E-state index in [2.05, 4.69) is 5.32 Å². The number of hydrogen-bond donors (Lipinski definition) is 2. The zero-order valence-corrected chi connectivity index (χ0v) is 14.3. The Morgan fingerprint density at radius 3 is 2.76 bits per heavy atom. The van der Waals surface area contributed by atoms with E-state index in [9.17, 15) is 9.90 Å². The Morgan fingerprint density at radius 1 is 1.20 bits per heavy atom. The predicted octanol–water partition coefficient (Wildman–Crippen LogP) is 2.51. The Morgan fingerprint density at radius 2 is 1.96 bits per heavy atom. The molecule has 134 valence electrons. The summed E-state index contributed by atoms with van der Waals surface area (Å²) in [4.78, 5) is 11.9. The summed E-state index contributed by atoms with van der Waals surface area (Å²) < 4.78 is 10.9. The molecule has 0 bridgehead atoms. The number of hydrogen-bond acceptors (Lipinski definition) is 4. The number of rotatable bonds is 7. The van der Waals surface area contributed by atoms with E-state index < -0.39 is 0 Å². The van der Waals surface area contributed by atoms with Crippen LogP contribution in [0.2, 0.25) is 0 Å². The maximum atomic E-state index is 11.9. The molecule has 1 aliphatic heterocycles. The van der Waals surface area contributed by atoms with Crippen LogP contribution in [0.25, 0.3) is 10.8 Å². The van der Waals surface area contributed by atoms with Crippen molar-refractivity contribution >= 4 is 16.7 Å². The zero-order valence-electron chi connectivity index (χ0n) is 14.3. The monoisotopic (exact) mass is 343 g/mol. The van der Waals surface area contributed by atoms with Gasteiger partial charge >= 0.3 is 0 Å². The van der Waals surface area contributed by atoms with E-state index in [0.29, 0.717) is 31.9 Å². The quantitative estimate of drug-likeness (QED) is 0.811. The standard InChI is InChI=1S/C20H25NO4/c22-19(16-8-11-24-12-9-16)7-10-21-20(23)14-25-18-6-5-15-3-1-2-4-17(15)13-18/h1-6,13,16,19,22H,7-12,14H2,(H,21,23)/t19-/m0/s1.